The fourth-order valence-corrected chi connectivity index (χ4v) is 4.02. The summed E-state index contributed by atoms with van der Waals surface area (Å²) in [6, 6.07) is 18.9. The molecule has 6 nitrogen and oxygen atoms in total. The lowest BCUT2D eigenvalue weighted by Crippen LogP contribution is -2.37. The molecule has 0 fully saturated rings. The van der Waals surface area contributed by atoms with E-state index in [9.17, 15) is 0 Å². The summed E-state index contributed by atoms with van der Waals surface area (Å²) >= 11 is 0. The van der Waals surface area contributed by atoms with E-state index >= 15 is 0 Å². The normalized spacial score (nSPS) is 16.5. The number of aromatic nitrogens is 3. The Morgan fingerprint density at radius 3 is 1.65 bits per heavy atom. The van der Waals surface area contributed by atoms with Crippen LogP contribution in [0.4, 0.5) is 0 Å². The summed E-state index contributed by atoms with van der Waals surface area (Å²) < 4.78 is 0. The molecular weight excluding hydrogens is 384 g/mol. The Kier molecular flexibility index (Phi) is 7.35. The number of pyridine rings is 3. The number of rotatable bonds is 4. The molecule has 31 heavy (non-hydrogen) atoms. The van der Waals surface area contributed by atoms with Crippen molar-refractivity contribution in [2.45, 2.75) is 40.0 Å². The second-order valence-corrected chi connectivity index (χ2v) is 8.33. The van der Waals surface area contributed by atoms with E-state index in [0.29, 0.717) is 0 Å². The van der Waals surface area contributed by atoms with Gasteiger partial charge in [0.15, 0.2) is 0 Å². The van der Waals surface area contributed by atoms with Gasteiger partial charge < -0.3 is 5.32 Å². The van der Waals surface area contributed by atoms with E-state index in [1.807, 2.05) is 26.0 Å². The lowest BCUT2D eigenvalue weighted by atomic mass is 10.2. The third-order valence-electron chi connectivity index (χ3n) is 5.51. The summed E-state index contributed by atoms with van der Waals surface area (Å²) in [6.07, 6.45) is 0. The number of hydrogen-bond acceptors (Lipinski definition) is 6. The number of nitrogens with zero attached hydrogens (tertiary/aromatic N) is 5. The van der Waals surface area contributed by atoms with Gasteiger partial charge in [0.2, 0.25) is 0 Å². The fourth-order valence-electron chi connectivity index (χ4n) is 4.02. The Morgan fingerprint density at radius 1 is 0.677 bits per heavy atom. The van der Waals surface area contributed by atoms with Gasteiger partial charge in [-0.15, -0.1) is 0 Å². The SMILES string of the molecule is Cc1cccc(CN2CCNCCN(Cc3cccc(C)n3)Cc3cccc(n3)C2)n1. The van der Waals surface area contributed by atoms with Gasteiger partial charge in [0.25, 0.3) is 0 Å². The molecule has 1 N–H and O–H groups in total. The molecule has 0 amide bonds. The van der Waals surface area contributed by atoms with Gasteiger partial charge >= 0.3 is 0 Å². The van der Waals surface area contributed by atoms with Crippen molar-refractivity contribution in [1.82, 2.24) is 30.1 Å². The van der Waals surface area contributed by atoms with Crippen LogP contribution in [0, 0.1) is 13.8 Å². The van der Waals surface area contributed by atoms with Crippen LogP contribution >= 0.6 is 0 Å². The summed E-state index contributed by atoms with van der Waals surface area (Å²) in [5, 5.41) is 3.62. The topological polar surface area (TPSA) is 57.2 Å². The molecule has 0 spiro atoms. The molecule has 4 rings (SSSR count). The first-order valence-electron chi connectivity index (χ1n) is 11.1. The molecule has 4 heterocycles. The maximum Gasteiger partial charge on any atom is 0.0548 e. The van der Waals surface area contributed by atoms with E-state index < -0.39 is 0 Å². The Morgan fingerprint density at radius 2 is 1.16 bits per heavy atom. The number of hydrogen-bond donors (Lipinski definition) is 1. The van der Waals surface area contributed by atoms with Crippen molar-refractivity contribution in [2.75, 3.05) is 26.2 Å². The van der Waals surface area contributed by atoms with Crippen LogP contribution < -0.4 is 5.32 Å². The monoisotopic (exact) mass is 416 g/mol. The van der Waals surface area contributed by atoms with Crippen molar-refractivity contribution >= 4 is 0 Å². The van der Waals surface area contributed by atoms with Gasteiger partial charge in [-0.25, -0.2) is 0 Å². The zero-order valence-electron chi connectivity index (χ0n) is 18.6. The van der Waals surface area contributed by atoms with E-state index in [0.717, 1.165) is 86.5 Å². The average Bonchev–Trinajstić information content (AvgIpc) is 2.73. The Bertz CT molecular complexity index is 914. The minimum absolute atomic E-state index is 0.824. The van der Waals surface area contributed by atoms with Crippen molar-refractivity contribution in [3.8, 4) is 0 Å². The third-order valence-corrected chi connectivity index (χ3v) is 5.51. The highest BCUT2D eigenvalue weighted by Crippen LogP contribution is 2.12. The van der Waals surface area contributed by atoms with Gasteiger partial charge in [0.1, 0.15) is 0 Å². The van der Waals surface area contributed by atoms with E-state index in [1.54, 1.807) is 0 Å². The first-order chi connectivity index (χ1) is 15.1. The predicted molar refractivity (Wildman–Crippen MR) is 123 cm³/mol. The lowest BCUT2D eigenvalue weighted by Gasteiger charge is -2.26. The lowest BCUT2D eigenvalue weighted by molar-refractivity contribution is 0.228. The largest absolute Gasteiger partial charge is 0.314 e. The first-order valence-corrected chi connectivity index (χ1v) is 11.1. The molecule has 0 saturated heterocycles. The fraction of sp³-hybridized carbons (Fsp3) is 0.400. The molecule has 0 saturated carbocycles. The van der Waals surface area contributed by atoms with E-state index in [1.165, 1.54) is 0 Å². The minimum Gasteiger partial charge on any atom is -0.314 e. The molecule has 6 heteroatoms. The maximum atomic E-state index is 4.98. The molecule has 0 atom stereocenters. The van der Waals surface area contributed by atoms with Crippen LogP contribution in [0.5, 0.6) is 0 Å². The van der Waals surface area contributed by atoms with Crippen molar-refractivity contribution in [3.63, 3.8) is 0 Å². The molecule has 1 aliphatic rings. The zero-order valence-corrected chi connectivity index (χ0v) is 18.6. The minimum atomic E-state index is 0.824. The Balaban J connectivity index is 1.49. The molecule has 0 unspecified atom stereocenters. The Labute approximate surface area is 185 Å². The summed E-state index contributed by atoms with van der Waals surface area (Å²) in [6.45, 7) is 11.2. The predicted octanol–water partition coefficient (Wildman–Crippen LogP) is 3.10. The second kappa shape index (κ2) is 10.6. The van der Waals surface area contributed by atoms with Crippen molar-refractivity contribution in [3.05, 3.63) is 88.8 Å². The van der Waals surface area contributed by atoms with Gasteiger partial charge in [-0.1, -0.05) is 18.2 Å². The van der Waals surface area contributed by atoms with Gasteiger partial charge in [-0.05, 0) is 50.2 Å². The van der Waals surface area contributed by atoms with Crippen molar-refractivity contribution < 1.29 is 0 Å². The van der Waals surface area contributed by atoms with Gasteiger partial charge in [-0.2, -0.15) is 0 Å². The van der Waals surface area contributed by atoms with Crippen molar-refractivity contribution in [2.24, 2.45) is 0 Å². The standard InChI is InChI=1S/C25H32N6/c1-20-6-3-8-22(27-20)16-30-14-12-26-13-15-31(17-23-9-4-7-21(2)28-23)19-25-11-5-10-24(18-30)29-25/h3-11,26H,12-19H2,1-2H3. The van der Waals surface area contributed by atoms with E-state index in [2.05, 4.69) is 67.5 Å². The Hall–Kier alpha value is -2.67. The molecule has 0 aromatic carbocycles. The highest BCUT2D eigenvalue weighted by molar-refractivity contribution is 5.14. The maximum absolute atomic E-state index is 4.98. The van der Waals surface area contributed by atoms with Crippen LogP contribution in [0.25, 0.3) is 0 Å². The van der Waals surface area contributed by atoms with Crippen LogP contribution in [-0.2, 0) is 26.2 Å². The van der Waals surface area contributed by atoms with E-state index in [-0.39, 0.29) is 0 Å². The molecule has 3 aromatic heterocycles. The van der Waals surface area contributed by atoms with Crippen LogP contribution in [0.3, 0.4) is 0 Å². The number of nitrogens with one attached hydrogen (secondary N) is 1. The van der Waals surface area contributed by atoms with Gasteiger partial charge in [0, 0.05) is 63.7 Å². The second-order valence-electron chi connectivity index (χ2n) is 8.33. The highest BCUT2D eigenvalue weighted by Gasteiger charge is 2.14. The molecule has 0 aliphatic carbocycles. The van der Waals surface area contributed by atoms with Crippen LogP contribution in [0.1, 0.15) is 34.2 Å². The molecule has 0 radical (unpaired) electrons. The zero-order chi connectivity index (χ0) is 21.5. The molecular formula is C25H32N6. The van der Waals surface area contributed by atoms with Crippen LogP contribution in [-0.4, -0.2) is 50.9 Å². The molecule has 2 bridgehead atoms. The third kappa shape index (κ3) is 6.66. The van der Waals surface area contributed by atoms with Gasteiger partial charge in [-0.3, -0.25) is 24.8 Å². The average molecular weight is 417 g/mol. The smallest absolute Gasteiger partial charge is 0.0548 e. The first kappa shape index (κ1) is 21.6. The number of fused-ring (bicyclic) bond motifs is 2. The van der Waals surface area contributed by atoms with Crippen molar-refractivity contribution in [1.29, 1.82) is 0 Å². The van der Waals surface area contributed by atoms with E-state index in [4.69, 9.17) is 4.98 Å². The highest BCUT2D eigenvalue weighted by atomic mass is 15.2. The molecule has 162 valence electrons. The summed E-state index contributed by atoms with van der Waals surface area (Å²) in [5.41, 5.74) is 6.57. The summed E-state index contributed by atoms with van der Waals surface area (Å²) in [4.78, 5) is 19.2. The summed E-state index contributed by atoms with van der Waals surface area (Å²) in [5.74, 6) is 0. The molecule has 3 aromatic rings. The number of aryl methyl sites for hydroxylation is 2. The van der Waals surface area contributed by atoms with Crippen LogP contribution in [0.2, 0.25) is 0 Å². The van der Waals surface area contributed by atoms with Gasteiger partial charge in [0.05, 0.1) is 22.8 Å². The quantitative estimate of drug-likeness (QED) is 0.705. The van der Waals surface area contributed by atoms with Crippen LogP contribution in [0.15, 0.2) is 54.6 Å². The summed E-state index contributed by atoms with van der Waals surface area (Å²) in [7, 11) is 0. The molecule has 1 aliphatic heterocycles.